The predicted octanol–water partition coefficient (Wildman–Crippen LogP) is 4.41. The van der Waals surface area contributed by atoms with E-state index >= 15 is 0 Å². The Balaban J connectivity index is 1.05. The van der Waals surface area contributed by atoms with Crippen LogP contribution in [-0.4, -0.2) is 94.9 Å². The molecule has 2 aromatic heterocycles. The zero-order valence-corrected chi connectivity index (χ0v) is 29.1. The first kappa shape index (κ1) is 37.5. The van der Waals surface area contributed by atoms with E-state index in [0.717, 1.165) is 35.6 Å². The number of nitrogens with one attached hydrogen (secondary N) is 2. The number of aryl methyl sites for hydroxylation is 1. The van der Waals surface area contributed by atoms with Crippen LogP contribution in [0.1, 0.15) is 56.0 Å². The maximum atomic E-state index is 13.2. The monoisotopic (exact) mass is 712 g/mol. The quantitative estimate of drug-likeness (QED) is 0.146. The predicted molar refractivity (Wildman–Crippen MR) is 183 cm³/mol. The van der Waals surface area contributed by atoms with E-state index in [1.807, 2.05) is 20.8 Å². The fourth-order valence-corrected chi connectivity index (χ4v) is 6.18. The second-order valence-electron chi connectivity index (χ2n) is 13.6. The number of rotatable bonds is 14. The lowest BCUT2D eigenvalue weighted by Gasteiger charge is -2.34. The second-order valence-corrected chi connectivity index (χ2v) is 13.6. The number of fused-ring (bicyclic) bond motifs is 3. The zero-order valence-electron chi connectivity index (χ0n) is 29.1. The van der Waals surface area contributed by atoms with Crippen molar-refractivity contribution >= 4 is 45.9 Å². The van der Waals surface area contributed by atoms with Gasteiger partial charge in [-0.2, -0.15) is 18.3 Å². The Labute approximate surface area is 293 Å². The molecule has 1 saturated heterocycles. The molecule has 0 saturated carbocycles. The molecule has 15 heteroatoms. The summed E-state index contributed by atoms with van der Waals surface area (Å²) >= 11 is 0. The Kier molecular flexibility index (Phi) is 11.5. The largest absolute Gasteiger partial charge is 0.416 e. The number of hydrogen-bond acceptors (Lipinski definition) is 7. The summed E-state index contributed by atoms with van der Waals surface area (Å²) in [7, 11) is 1.75. The van der Waals surface area contributed by atoms with Gasteiger partial charge < -0.3 is 29.8 Å². The summed E-state index contributed by atoms with van der Waals surface area (Å²) in [4.78, 5) is 51.7. The highest BCUT2D eigenvalue weighted by Gasteiger charge is 2.39. The first-order valence-electron chi connectivity index (χ1n) is 16.8. The SMILES string of the molecule is Cn1cc2c3cc(C(=O)NCCOCCOCCC(=O)NC(C(=O)N4CCCC4C=O)C(C)(C)C)ccc3n(-c3ccc(C(F)(F)F)cc3)c2n1. The Morgan fingerprint density at radius 1 is 1.00 bits per heavy atom. The molecule has 2 aromatic carbocycles. The Morgan fingerprint density at radius 2 is 1.71 bits per heavy atom. The molecular weight excluding hydrogens is 669 g/mol. The number of hydrogen-bond donors (Lipinski definition) is 2. The van der Waals surface area contributed by atoms with Gasteiger partial charge in [0, 0.05) is 54.8 Å². The Bertz CT molecular complexity index is 1880. The van der Waals surface area contributed by atoms with Gasteiger partial charge in [0.25, 0.3) is 5.91 Å². The van der Waals surface area contributed by atoms with Gasteiger partial charge in [-0.15, -0.1) is 0 Å². The van der Waals surface area contributed by atoms with Crippen molar-refractivity contribution in [2.75, 3.05) is 39.5 Å². The van der Waals surface area contributed by atoms with Crippen LogP contribution in [0.3, 0.4) is 0 Å². The molecule has 1 fully saturated rings. The van der Waals surface area contributed by atoms with E-state index < -0.39 is 29.2 Å². The molecule has 0 bridgehead atoms. The van der Waals surface area contributed by atoms with Gasteiger partial charge in [0.05, 0.1) is 43.5 Å². The fraction of sp³-hybridized carbons (Fsp3) is 0.472. The minimum absolute atomic E-state index is 0.0520. The molecule has 2 atom stereocenters. The summed E-state index contributed by atoms with van der Waals surface area (Å²) in [5.74, 6) is -0.901. The molecule has 4 aromatic rings. The van der Waals surface area contributed by atoms with Crippen LogP contribution in [0.2, 0.25) is 0 Å². The smallest absolute Gasteiger partial charge is 0.379 e. The molecular formula is C36H43F3N6O6. The van der Waals surface area contributed by atoms with Gasteiger partial charge in [-0.05, 0) is 60.7 Å². The van der Waals surface area contributed by atoms with E-state index in [9.17, 15) is 32.3 Å². The summed E-state index contributed by atoms with van der Waals surface area (Å²) in [6.07, 6.45) is -0.431. The lowest BCUT2D eigenvalue weighted by molar-refractivity contribution is -0.141. The molecule has 274 valence electrons. The van der Waals surface area contributed by atoms with Crippen LogP contribution in [0.25, 0.3) is 27.6 Å². The van der Waals surface area contributed by atoms with Gasteiger partial charge in [-0.1, -0.05) is 20.8 Å². The molecule has 0 radical (unpaired) electrons. The number of nitrogens with zero attached hydrogens (tertiary/aromatic N) is 4. The first-order valence-corrected chi connectivity index (χ1v) is 16.8. The number of halogens is 3. The summed E-state index contributed by atoms with van der Waals surface area (Å²) in [6, 6.07) is 8.75. The lowest BCUT2D eigenvalue weighted by atomic mass is 9.85. The molecule has 3 amide bonds. The molecule has 2 unspecified atom stereocenters. The van der Waals surface area contributed by atoms with Crippen LogP contribution in [0.4, 0.5) is 13.2 Å². The molecule has 0 spiro atoms. The molecule has 12 nitrogen and oxygen atoms in total. The van der Waals surface area contributed by atoms with Crippen LogP contribution in [0, 0.1) is 5.41 Å². The van der Waals surface area contributed by atoms with Crippen LogP contribution < -0.4 is 10.6 Å². The molecule has 5 rings (SSSR count). The van der Waals surface area contributed by atoms with Crippen molar-refractivity contribution < 1.29 is 41.8 Å². The maximum absolute atomic E-state index is 13.2. The number of benzene rings is 2. The highest BCUT2D eigenvalue weighted by atomic mass is 19.4. The minimum Gasteiger partial charge on any atom is -0.379 e. The summed E-state index contributed by atoms with van der Waals surface area (Å²) < 4.78 is 53.9. The van der Waals surface area contributed by atoms with E-state index in [4.69, 9.17) is 9.47 Å². The number of likely N-dealkylation sites (tertiary alicyclic amines) is 1. The van der Waals surface area contributed by atoms with Gasteiger partial charge in [0.2, 0.25) is 11.8 Å². The standard InChI is InChI=1S/C36H43F3N6O6/c1-35(2,3)31(34(49)44-15-5-6-26(44)22-46)41-30(47)13-16-50-18-19-51-17-14-40-33(48)23-7-12-29-27(20-23)28-21-43(4)42-32(28)45(29)25-10-8-24(9-11-25)36(37,38)39/h7-12,20-22,26,31H,5-6,13-19H2,1-4H3,(H,40,48)(H,41,47). The molecule has 1 aliphatic rings. The van der Waals surface area contributed by atoms with Gasteiger partial charge in [-0.3, -0.25) is 23.6 Å². The topological polar surface area (TPSA) is 137 Å². The van der Waals surface area contributed by atoms with E-state index in [1.54, 1.807) is 45.6 Å². The summed E-state index contributed by atoms with van der Waals surface area (Å²) in [6.45, 7) is 7.14. The molecule has 51 heavy (non-hydrogen) atoms. The van der Waals surface area contributed by atoms with Gasteiger partial charge in [0.15, 0.2) is 5.65 Å². The van der Waals surface area contributed by atoms with E-state index in [-0.39, 0.29) is 57.1 Å². The molecule has 0 aliphatic carbocycles. The fourth-order valence-electron chi connectivity index (χ4n) is 6.18. The van der Waals surface area contributed by atoms with Crippen molar-refractivity contribution in [3.63, 3.8) is 0 Å². The number of aldehydes is 1. The molecule has 1 aliphatic heterocycles. The van der Waals surface area contributed by atoms with Crippen LogP contribution >= 0.6 is 0 Å². The Hall–Kier alpha value is -4.76. The Morgan fingerprint density at radius 3 is 2.37 bits per heavy atom. The average Bonchev–Trinajstić information content (AvgIpc) is 3.78. The van der Waals surface area contributed by atoms with E-state index in [1.165, 1.54) is 12.1 Å². The van der Waals surface area contributed by atoms with Crippen LogP contribution in [-0.2, 0) is 37.1 Å². The highest BCUT2D eigenvalue weighted by molar-refractivity contribution is 6.10. The number of alkyl halides is 3. The summed E-state index contributed by atoms with van der Waals surface area (Å²) in [5, 5.41) is 11.6. The van der Waals surface area contributed by atoms with Crippen molar-refractivity contribution in [3.05, 3.63) is 59.8 Å². The average molecular weight is 713 g/mol. The molecule has 2 N–H and O–H groups in total. The lowest BCUT2D eigenvalue weighted by Crippen LogP contribution is -2.56. The molecule has 3 heterocycles. The van der Waals surface area contributed by atoms with Crippen molar-refractivity contribution in [2.24, 2.45) is 12.5 Å². The van der Waals surface area contributed by atoms with Gasteiger partial charge in [-0.25, -0.2) is 0 Å². The third-order valence-electron chi connectivity index (χ3n) is 8.80. The normalized spacial score (nSPS) is 15.7. The van der Waals surface area contributed by atoms with E-state index in [2.05, 4.69) is 15.7 Å². The third-order valence-corrected chi connectivity index (χ3v) is 8.80. The zero-order chi connectivity index (χ0) is 36.9. The number of amides is 3. The van der Waals surface area contributed by atoms with Crippen LogP contribution in [0.5, 0.6) is 0 Å². The van der Waals surface area contributed by atoms with Crippen molar-refractivity contribution in [1.29, 1.82) is 0 Å². The van der Waals surface area contributed by atoms with Gasteiger partial charge >= 0.3 is 6.18 Å². The third kappa shape index (κ3) is 8.76. The van der Waals surface area contributed by atoms with E-state index in [0.29, 0.717) is 35.4 Å². The second kappa shape index (κ2) is 15.6. The first-order chi connectivity index (χ1) is 24.2. The number of ether oxygens (including phenoxy) is 2. The van der Waals surface area contributed by atoms with Crippen molar-refractivity contribution in [2.45, 2.75) is 58.3 Å². The summed E-state index contributed by atoms with van der Waals surface area (Å²) in [5.41, 5.74) is 0.870. The maximum Gasteiger partial charge on any atom is 0.416 e. The van der Waals surface area contributed by atoms with Gasteiger partial charge in [0.1, 0.15) is 12.3 Å². The highest BCUT2D eigenvalue weighted by Crippen LogP contribution is 2.34. The number of carbonyl (C=O) groups is 4. The van der Waals surface area contributed by atoms with Crippen molar-refractivity contribution in [3.8, 4) is 5.69 Å². The van der Waals surface area contributed by atoms with Crippen molar-refractivity contribution in [1.82, 2.24) is 29.9 Å². The number of aromatic nitrogens is 3. The number of carbonyl (C=O) groups excluding carboxylic acids is 4. The minimum atomic E-state index is -4.45. The van der Waals surface area contributed by atoms with Crippen LogP contribution in [0.15, 0.2) is 48.7 Å².